The number of nitrogens with one attached hydrogen (secondary N) is 1. The molecule has 43 heavy (non-hydrogen) atoms. The summed E-state index contributed by atoms with van der Waals surface area (Å²) in [4.78, 5) is 26.3. The molecule has 2 aromatic heterocycles. The van der Waals surface area contributed by atoms with Gasteiger partial charge in [0.05, 0.1) is 0 Å². The van der Waals surface area contributed by atoms with Gasteiger partial charge in [-0.25, -0.2) is 4.98 Å². The van der Waals surface area contributed by atoms with Crippen LogP contribution in [0.2, 0.25) is 0 Å². The second kappa shape index (κ2) is 12.5. The fraction of sp³-hybridized carbons (Fsp3) is 0.324. The first-order valence-corrected chi connectivity index (χ1v) is 15.8. The minimum absolute atomic E-state index is 0.0536. The van der Waals surface area contributed by atoms with Gasteiger partial charge in [-0.15, -0.1) is 0 Å². The number of hydrogen-bond donors (Lipinski definition) is 1. The van der Waals surface area contributed by atoms with E-state index in [2.05, 4.69) is 76.9 Å². The Morgan fingerprint density at radius 2 is 1.42 bits per heavy atom. The fourth-order valence-corrected chi connectivity index (χ4v) is 6.79. The molecule has 218 valence electrons. The summed E-state index contributed by atoms with van der Waals surface area (Å²) in [6.07, 6.45) is 9.43. The maximum Gasteiger partial charge on any atom is 0.260 e. The zero-order chi connectivity index (χ0) is 29.0. The van der Waals surface area contributed by atoms with Crippen molar-refractivity contribution >= 4 is 17.0 Å². The third-order valence-electron chi connectivity index (χ3n) is 9.22. The molecule has 1 aliphatic carbocycles. The number of aromatic nitrogens is 3. The maximum absolute atomic E-state index is 14.1. The topological polar surface area (TPSA) is 63.1 Å². The minimum atomic E-state index is 0.0536. The molecule has 1 N–H and O–H groups in total. The number of hydrogen-bond acceptors (Lipinski definition) is 5. The Balaban J connectivity index is 1.12. The van der Waals surface area contributed by atoms with Gasteiger partial charge in [-0.1, -0.05) is 97.8 Å². The molecule has 1 saturated carbocycles. The van der Waals surface area contributed by atoms with Crippen LogP contribution in [0.1, 0.15) is 50.1 Å². The molecular formula is C37H39N5O. The second-order valence-corrected chi connectivity index (χ2v) is 12.0. The highest BCUT2D eigenvalue weighted by atomic mass is 16.1. The van der Waals surface area contributed by atoms with E-state index >= 15 is 0 Å². The van der Waals surface area contributed by atoms with Crippen molar-refractivity contribution in [2.45, 2.75) is 57.0 Å². The monoisotopic (exact) mass is 569 g/mol. The van der Waals surface area contributed by atoms with E-state index in [-0.39, 0.29) is 11.6 Å². The number of nitrogens with zero attached hydrogens (tertiary/aromatic N) is 4. The quantitative estimate of drug-likeness (QED) is 0.217. The summed E-state index contributed by atoms with van der Waals surface area (Å²) in [6, 6.07) is 32.0. The molecule has 0 unspecified atom stereocenters. The van der Waals surface area contributed by atoms with E-state index < -0.39 is 0 Å². The van der Waals surface area contributed by atoms with Crippen molar-refractivity contribution in [1.82, 2.24) is 19.9 Å². The Hall–Kier alpha value is -4.29. The lowest BCUT2D eigenvalue weighted by molar-refractivity contribution is 0.415. The van der Waals surface area contributed by atoms with Gasteiger partial charge in [0.15, 0.2) is 0 Å². The molecule has 3 heterocycles. The second-order valence-electron chi connectivity index (χ2n) is 12.0. The molecule has 5 aromatic rings. The Morgan fingerprint density at radius 3 is 2.14 bits per heavy atom. The standard InChI is InChI=1S/C37H39N5O/c43-36-34(30-17-15-29(16-18-30)28-11-5-2-6-12-28)25-31-26-39-37(40-35(31)42(36)33-13-7-8-14-33)41-23-20-32(21-24-41)38-22-19-27-9-3-1-4-10-27/h1-6,9-12,15-18,25-26,32-33,38H,7-8,13-14,19-24H2. The molecule has 0 atom stereocenters. The van der Waals surface area contributed by atoms with E-state index in [0.29, 0.717) is 6.04 Å². The predicted molar refractivity (Wildman–Crippen MR) is 176 cm³/mol. The average molecular weight is 570 g/mol. The third kappa shape index (κ3) is 5.98. The number of anilines is 1. The summed E-state index contributed by atoms with van der Waals surface area (Å²) in [6.45, 7) is 2.81. The summed E-state index contributed by atoms with van der Waals surface area (Å²) in [7, 11) is 0. The molecule has 6 nitrogen and oxygen atoms in total. The molecular weight excluding hydrogens is 530 g/mol. The van der Waals surface area contributed by atoms with Crippen LogP contribution >= 0.6 is 0 Å². The van der Waals surface area contributed by atoms with Crippen LogP contribution in [0.3, 0.4) is 0 Å². The first-order chi connectivity index (χ1) is 21.2. The van der Waals surface area contributed by atoms with Crippen molar-refractivity contribution in [3.05, 3.63) is 113 Å². The Morgan fingerprint density at radius 1 is 0.767 bits per heavy atom. The fourth-order valence-electron chi connectivity index (χ4n) is 6.79. The van der Waals surface area contributed by atoms with Crippen LogP contribution in [0, 0.1) is 0 Å². The van der Waals surface area contributed by atoms with Crippen LogP contribution in [-0.4, -0.2) is 40.2 Å². The largest absolute Gasteiger partial charge is 0.341 e. The summed E-state index contributed by atoms with van der Waals surface area (Å²) in [5.41, 5.74) is 6.17. The van der Waals surface area contributed by atoms with Crippen LogP contribution in [0.4, 0.5) is 5.95 Å². The van der Waals surface area contributed by atoms with E-state index in [1.165, 1.54) is 11.1 Å². The van der Waals surface area contributed by atoms with Gasteiger partial charge in [-0.05, 0) is 67.0 Å². The molecule has 2 aliphatic rings. The van der Waals surface area contributed by atoms with Crippen LogP contribution < -0.4 is 15.8 Å². The highest BCUT2D eigenvalue weighted by Gasteiger charge is 2.25. The summed E-state index contributed by atoms with van der Waals surface area (Å²) >= 11 is 0. The van der Waals surface area contributed by atoms with Crippen molar-refractivity contribution in [1.29, 1.82) is 0 Å². The lowest BCUT2D eigenvalue weighted by Gasteiger charge is -2.32. The van der Waals surface area contributed by atoms with Gasteiger partial charge in [0, 0.05) is 42.3 Å². The molecule has 7 rings (SSSR count). The van der Waals surface area contributed by atoms with Crippen molar-refractivity contribution in [2.24, 2.45) is 0 Å². The van der Waals surface area contributed by atoms with Gasteiger partial charge in [-0.3, -0.25) is 9.36 Å². The molecule has 1 saturated heterocycles. The lowest BCUT2D eigenvalue weighted by Crippen LogP contribution is -2.43. The molecule has 0 spiro atoms. The highest BCUT2D eigenvalue weighted by Crippen LogP contribution is 2.33. The molecule has 6 heteroatoms. The van der Waals surface area contributed by atoms with E-state index in [9.17, 15) is 4.79 Å². The van der Waals surface area contributed by atoms with Gasteiger partial charge in [0.2, 0.25) is 5.95 Å². The number of pyridine rings is 1. The van der Waals surface area contributed by atoms with Gasteiger partial charge in [0.1, 0.15) is 5.65 Å². The maximum atomic E-state index is 14.1. The third-order valence-corrected chi connectivity index (χ3v) is 9.22. The van der Waals surface area contributed by atoms with Crippen LogP contribution in [-0.2, 0) is 6.42 Å². The zero-order valence-corrected chi connectivity index (χ0v) is 24.7. The molecule has 1 aliphatic heterocycles. The summed E-state index contributed by atoms with van der Waals surface area (Å²) in [5, 5.41) is 4.67. The van der Waals surface area contributed by atoms with Gasteiger partial charge < -0.3 is 10.2 Å². The van der Waals surface area contributed by atoms with Gasteiger partial charge >= 0.3 is 0 Å². The molecule has 0 bridgehead atoms. The minimum Gasteiger partial charge on any atom is -0.341 e. The lowest BCUT2D eigenvalue weighted by atomic mass is 10.0. The van der Waals surface area contributed by atoms with Crippen molar-refractivity contribution < 1.29 is 0 Å². The first kappa shape index (κ1) is 27.5. The molecule has 0 radical (unpaired) electrons. The van der Waals surface area contributed by atoms with Crippen molar-refractivity contribution in [3.63, 3.8) is 0 Å². The van der Waals surface area contributed by atoms with Crippen LogP contribution in [0.5, 0.6) is 0 Å². The summed E-state index contributed by atoms with van der Waals surface area (Å²) in [5.74, 6) is 0.737. The van der Waals surface area contributed by atoms with E-state index in [1.807, 2.05) is 35.0 Å². The molecule has 2 fully saturated rings. The zero-order valence-electron chi connectivity index (χ0n) is 24.7. The number of fused-ring (bicyclic) bond motifs is 1. The van der Waals surface area contributed by atoms with E-state index in [1.54, 1.807) is 0 Å². The molecule has 0 amide bonds. The highest BCUT2D eigenvalue weighted by molar-refractivity contribution is 5.82. The SMILES string of the molecule is O=c1c(-c2ccc(-c3ccccc3)cc2)cc2cnc(N3CCC(NCCc4ccccc4)CC3)nc2n1C1CCCC1. The van der Waals surface area contributed by atoms with E-state index in [0.717, 1.165) is 98.3 Å². The van der Waals surface area contributed by atoms with Gasteiger partial charge in [-0.2, -0.15) is 4.98 Å². The molecule has 3 aromatic carbocycles. The summed E-state index contributed by atoms with van der Waals surface area (Å²) < 4.78 is 1.99. The Bertz CT molecular complexity index is 1720. The van der Waals surface area contributed by atoms with Crippen molar-refractivity contribution in [3.8, 4) is 22.3 Å². The smallest absolute Gasteiger partial charge is 0.260 e. The average Bonchev–Trinajstić information content (AvgIpc) is 3.60. The Labute approximate surface area is 253 Å². The van der Waals surface area contributed by atoms with Crippen molar-refractivity contribution in [2.75, 3.05) is 24.5 Å². The first-order valence-electron chi connectivity index (χ1n) is 15.8. The number of benzene rings is 3. The predicted octanol–water partition coefficient (Wildman–Crippen LogP) is 7.04. The van der Waals surface area contributed by atoms with Gasteiger partial charge in [0.25, 0.3) is 5.56 Å². The number of rotatable bonds is 8. The van der Waals surface area contributed by atoms with Crippen LogP contribution in [0.25, 0.3) is 33.3 Å². The normalized spacial score (nSPS) is 16.2. The number of piperidine rings is 1. The van der Waals surface area contributed by atoms with Crippen LogP contribution in [0.15, 0.2) is 102 Å². The van der Waals surface area contributed by atoms with E-state index in [4.69, 9.17) is 9.97 Å². The Kier molecular flexibility index (Phi) is 8.02.